The van der Waals surface area contributed by atoms with Gasteiger partial charge in [-0.3, -0.25) is 0 Å². The number of hydrogen-bond donors (Lipinski definition) is 4. The van der Waals surface area contributed by atoms with E-state index in [1.165, 1.54) is 11.1 Å². The van der Waals surface area contributed by atoms with E-state index in [1.807, 2.05) is 30.3 Å². The lowest BCUT2D eigenvalue weighted by atomic mass is 10.1. The third kappa shape index (κ3) is 5.10. The van der Waals surface area contributed by atoms with Crippen molar-refractivity contribution in [3.63, 3.8) is 0 Å². The monoisotopic (exact) mass is 445 g/mol. The van der Waals surface area contributed by atoms with Gasteiger partial charge >= 0.3 is 6.03 Å². The molecule has 7 heteroatoms. The van der Waals surface area contributed by atoms with Crippen LogP contribution in [0.2, 0.25) is 0 Å². The Kier molecular flexibility index (Phi) is 6.41. The Hall–Kier alpha value is -3.16. The lowest BCUT2D eigenvalue weighted by Crippen LogP contribution is -2.46. The number of aromatic nitrogens is 1. The fourth-order valence-corrected chi connectivity index (χ4v) is 4.96. The quantitative estimate of drug-likeness (QED) is 0.462. The van der Waals surface area contributed by atoms with Crippen LogP contribution in [0.3, 0.4) is 0 Å². The summed E-state index contributed by atoms with van der Waals surface area (Å²) in [5, 5.41) is 19.7. The van der Waals surface area contributed by atoms with E-state index in [4.69, 9.17) is 10.1 Å². The van der Waals surface area contributed by atoms with Gasteiger partial charge in [-0.1, -0.05) is 24.3 Å². The fraction of sp³-hybridized carbons (Fsp3) is 0.385. The van der Waals surface area contributed by atoms with Crippen LogP contribution in [0.4, 0.5) is 16.3 Å². The van der Waals surface area contributed by atoms with E-state index in [1.54, 1.807) is 0 Å². The van der Waals surface area contributed by atoms with Crippen molar-refractivity contribution in [2.24, 2.45) is 0 Å². The molecule has 2 amide bonds. The maximum absolute atomic E-state index is 12.5. The maximum atomic E-state index is 12.5. The molecule has 1 aliphatic carbocycles. The number of anilines is 2. The van der Waals surface area contributed by atoms with Gasteiger partial charge in [-0.2, -0.15) is 0 Å². The summed E-state index contributed by atoms with van der Waals surface area (Å²) in [6, 6.07) is 18.7. The third-order valence-corrected chi connectivity index (χ3v) is 6.74. The third-order valence-electron chi connectivity index (χ3n) is 6.74. The van der Waals surface area contributed by atoms with Crippen LogP contribution >= 0.6 is 0 Å². The average molecular weight is 446 g/mol. The molecule has 1 aliphatic heterocycles. The molecule has 7 nitrogen and oxygen atoms in total. The number of fused-ring (bicyclic) bond motifs is 2. The number of aryl methyl sites for hydroxylation is 1. The first-order valence-electron chi connectivity index (χ1n) is 11.8. The van der Waals surface area contributed by atoms with Crippen LogP contribution in [-0.4, -0.2) is 53.3 Å². The van der Waals surface area contributed by atoms with Gasteiger partial charge in [-0.15, -0.1) is 0 Å². The molecule has 1 aromatic heterocycles. The summed E-state index contributed by atoms with van der Waals surface area (Å²) >= 11 is 0. The molecule has 0 bridgehead atoms. The highest BCUT2D eigenvalue weighted by molar-refractivity contribution is 5.93. The topological polar surface area (TPSA) is 89.5 Å². The van der Waals surface area contributed by atoms with Crippen molar-refractivity contribution in [2.45, 2.75) is 37.8 Å². The second-order valence-electron chi connectivity index (χ2n) is 8.98. The highest BCUT2D eigenvalue weighted by Gasteiger charge is 2.22. The van der Waals surface area contributed by atoms with Crippen LogP contribution in [0, 0.1) is 0 Å². The van der Waals surface area contributed by atoms with Gasteiger partial charge in [0.15, 0.2) is 0 Å². The number of aliphatic hydroxyl groups is 1. The molecular weight excluding hydrogens is 414 g/mol. The first kappa shape index (κ1) is 21.7. The van der Waals surface area contributed by atoms with Crippen LogP contribution < -0.4 is 16.0 Å². The van der Waals surface area contributed by atoms with Crippen LogP contribution in [0.1, 0.15) is 36.4 Å². The van der Waals surface area contributed by atoms with Gasteiger partial charge in [-0.25, -0.2) is 9.78 Å². The SMILES string of the molecule is O=C(Nc1ccc2nc(NC3CCc4ccccc43)ccc2c1)NC1CCN(CCO)CC1. The predicted molar refractivity (Wildman–Crippen MR) is 132 cm³/mol. The van der Waals surface area contributed by atoms with E-state index in [0.29, 0.717) is 12.6 Å². The van der Waals surface area contributed by atoms with Gasteiger partial charge in [0.1, 0.15) is 5.82 Å². The van der Waals surface area contributed by atoms with Crippen molar-refractivity contribution in [1.29, 1.82) is 0 Å². The molecule has 4 N–H and O–H groups in total. The van der Waals surface area contributed by atoms with Gasteiger partial charge in [0.2, 0.25) is 0 Å². The predicted octanol–water partition coefficient (Wildman–Crippen LogP) is 3.91. The number of likely N-dealkylation sites (tertiary alicyclic amines) is 1. The molecular formula is C26H31N5O2. The molecule has 33 heavy (non-hydrogen) atoms. The van der Waals surface area contributed by atoms with Crippen molar-refractivity contribution in [3.05, 3.63) is 65.7 Å². The average Bonchev–Trinajstić information content (AvgIpc) is 3.23. The summed E-state index contributed by atoms with van der Waals surface area (Å²) in [5.41, 5.74) is 4.43. The summed E-state index contributed by atoms with van der Waals surface area (Å²) in [4.78, 5) is 19.5. The van der Waals surface area contributed by atoms with Gasteiger partial charge < -0.3 is 26.0 Å². The molecule has 2 aromatic carbocycles. The van der Waals surface area contributed by atoms with Crippen molar-refractivity contribution in [3.8, 4) is 0 Å². The molecule has 1 atom stereocenters. The second-order valence-corrected chi connectivity index (χ2v) is 8.98. The number of aliphatic hydroxyl groups excluding tert-OH is 1. The zero-order valence-electron chi connectivity index (χ0n) is 18.8. The Morgan fingerprint density at radius 3 is 2.76 bits per heavy atom. The van der Waals surface area contributed by atoms with E-state index in [2.05, 4.69) is 45.1 Å². The zero-order chi connectivity index (χ0) is 22.6. The molecule has 2 aliphatic rings. The van der Waals surface area contributed by atoms with Crippen LogP contribution in [0.25, 0.3) is 10.9 Å². The van der Waals surface area contributed by atoms with E-state index < -0.39 is 0 Å². The fourth-order valence-electron chi connectivity index (χ4n) is 4.96. The minimum Gasteiger partial charge on any atom is -0.395 e. The first-order valence-corrected chi connectivity index (χ1v) is 11.8. The number of carbonyl (C=O) groups is 1. The lowest BCUT2D eigenvalue weighted by Gasteiger charge is -2.31. The Morgan fingerprint density at radius 2 is 1.91 bits per heavy atom. The van der Waals surface area contributed by atoms with Crippen LogP contribution in [0.5, 0.6) is 0 Å². The minimum atomic E-state index is -0.180. The van der Waals surface area contributed by atoms with E-state index in [0.717, 1.165) is 61.2 Å². The molecule has 1 saturated heterocycles. The molecule has 0 saturated carbocycles. The molecule has 0 radical (unpaired) electrons. The molecule has 3 aromatic rings. The Balaban J connectivity index is 1.19. The number of β-amino-alcohol motifs (C(OH)–C–C–N with tert-alkyl or cyclic N) is 1. The summed E-state index contributed by atoms with van der Waals surface area (Å²) in [6.07, 6.45) is 3.98. The Labute approximate surface area is 194 Å². The number of pyridine rings is 1. The number of nitrogens with zero attached hydrogens (tertiary/aromatic N) is 2. The highest BCUT2D eigenvalue weighted by Crippen LogP contribution is 2.33. The standard InChI is InChI=1S/C26H31N5O2/c32-16-15-31-13-11-20(12-14-31)27-26(33)28-21-7-9-23-19(17-21)6-10-25(29-23)30-24-8-5-18-3-1-2-4-22(18)24/h1-4,6-7,9-10,17,20,24,32H,5,8,11-16H2,(H,29,30)(H2,27,28,33). The van der Waals surface area contributed by atoms with Crippen molar-refractivity contribution in [2.75, 3.05) is 36.9 Å². The van der Waals surface area contributed by atoms with Gasteiger partial charge in [0.25, 0.3) is 0 Å². The normalized spacial score (nSPS) is 18.8. The van der Waals surface area contributed by atoms with Gasteiger partial charge in [-0.05, 0) is 67.1 Å². The van der Waals surface area contributed by atoms with Crippen molar-refractivity contribution in [1.82, 2.24) is 15.2 Å². The Morgan fingerprint density at radius 1 is 1.06 bits per heavy atom. The van der Waals surface area contributed by atoms with Crippen molar-refractivity contribution >= 4 is 28.4 Å². The number of carbonyl (C=O) groups excluding carboxylic acids is 1. The zero-order valence-corrected chi connectivity index (χ0v) is 18.8. The summed E-state index contributed by atoms with van der Waals surface area (Å²) < 4.78 is 0. The van der Waals surface area contributed by atoms with Crippen molar-refractivity contribution < 1.29 is 9.90 Å². The van der Waals surface area contributed by atoms with Crippen LogP contribution in [-0.2, 0) is 6.42 Å². The van der Waals surface area contributed by atoms with Gasteiger partial charge in [0.05, 0.1) is 18.2 Å². The molecule has 5 rings (SSSR count). The minimum absolute atomic E-state index is 0.163. The summed E-state index contributed by atoms with van der Waals surface area (Å²) in [5.74, 6) is 0.871. The number of urea groups is 1. The Bertz CT molecular complexity index is 1130. The maximum Gasteiger partial charge on any atom is 0.319 e. The van der Waals surface area contributed by atoms with Crippen LogP contribution in [0.15, 0.2) is 54.6 Å². The number of rotatable bonds is 6. The number of piperidine rings is 1. The molecule has 2 heterocycles. The smallest absolute Gasteiger partial charge is 0.319 e. The number of nitrogens with one attached hydrogen (secondary N) is 3. The lowest BCUT2D eigenvalue weighted by molar-refractivity contribution is 0.158. The summed E-state index contributed by atoms with van der Waals surface area (Å²) in [7, 11) is 0. The van der Waals surface area contributed by atoms with E-state index in [-0.39, 0.29) is 18.7 Å². The molecule has 1 unspecified atom stereocenters. The van der Waals surface area contributed by atoms with Gasteiger partial charge in [0, 0.05) is 36.7 Å². The number of amides is 2. The number of benzene rings is 2. The molecule has 172 valence electrons. The molecule has 1 fully saturated rings. The molecule has 0 spiro atoms. The summed E-state index contributed by atoms with van der Waals surface area (Å²) in [6.45, 7) is 2.68. The highest BCUT2D eigenvalue weighted by atomic mass is 16.3. The van der Waals surface area contributed by atoms with E-state index >= 15 is 0 Å². The first-order chi connectivity index (χ1) is 16.2. The largest absolute Gasteiger partial charge is 0.395 e. The second kappa shape index (κ2) is 9.77. The van der Waals surface area contributed by atoms with E-state index in [9.17, 15) is 4.79 Å². The number of hydrogen-bond acceptors (Lipinski definition) is 5.